The summed E-state index contributed by atoms with van der Waals surface area (Å²) in [4.78, 5) is 17.1. The molecule has 0 unspecified atom stereocenters. The first-order valence-electron chi connectivity index (χ1n) is 5.93. The Morgan fingerprint density at radius 3 is 2.85 bits per heavy atom. The van der Waals surface area contributed by atoms with Crippen LogP contribution in [-0.2, 0) is 7.05 Å². The third-order valence-electron chi connectivity index (χ3n) is 2.81. The number of carboxylic acids is 1. The molecule has 100 valence electrons. The van der Waals surface area contributed by atoms with E-state index in [4.69, 9.17) is 5.11 Å². The van der Waals surface area contributed by atoms with Crippen molar-refractivity contribution in [2.24, 2.45) is 7.05 Å². The van der Waals surface area contributed by atoms with E-state index in [1.165, 1.54) is 11.8 Å². The van der Waals surface area contributed by atoms with Crippen LogP contribution < -0.4 is 0 Å². The van der Waals surface area contributed by atoms with Crippen molar-refractivity contribution in [2.75, 3.05) is 0 Å². The molecule has 3 aromatic rings. The number of benzene rings is 1. The minimum absolute atomic E-state index is 0.0510. The van der Waals surface area contributed by atoms with Gasteiger partial charge >= 0.3 is 5.97 Å². The topological polar surface area (TPSA) is 68.0 Å². The number of hydrogen-bond acceptors (Lipinski definition) is 4. The predicted molar refractivity (Wildman–Crippen MR) is 76.0 cm³/mol. The van der Waals surface area contributed by atoms with Crippen LogP contribution in [0.3, 0.4) is 0 Å². The number of nitrogens with zero attached hydrogens (tertiary/aromatic N) is 3. The van der Waals surface area contributed by atoms with Crippen LogP contribution in [0.25, 0.3) is 10.9 Å². The van der Waals surface area contributed by atoms with Crippen molar-refractivity contribution in [3.63, 3.8) is 0 Å². The molecule has 1 aromatic carbocycles. The molecule has 0 radical (unpaired) electrons. The fourth-order valence-corrected chi connectivity index (χ4v) is 2.93. The predicted octanol–water partition coefficient (Wildman–Crippen LogP) is 2.82. The maximum atomic E-state index is 11.2. The summed E-state index contributed by atoms with van der Waals surface area (Å²) in [6.45, 7) is 0. The molecule has 0 aliphatic carbocycles. The summed E-state index contributed by atoms with van der Waals surface area (Å²) in [5.41, 5.74) is 0.730. The maximum absolute atomic E-state index is 11.2. The van der Waals surface area contributed by atoms with Gasteiger partial charge in [-0.05, 0) is 12.1 Å². The molecule has 6 heteroatoms. The van der Waals surface area contributed by atoms with Crippen molar-refractivity contribution in [2.45, 2.75) is 9.79 Å². The number of carbonyl (C=O) groups is 1. The van der Waals surface area contributed by atoms with Gasteiger partial charge in [0, 0.05) is 23.5 Å². The van der Waals surface area contributed by atoms with Crippen LogP contribution in [0.5, 0.6) is 0 Å². The van der Waals surface area contributed by atoms with E-state index in [-0.39, 0.29) is 5.69 Å². The fraction of sp³-hybridized carbons (Fsp3) is 0.0714. The van der Waals surface area contributed by atoms with Crippen LogP contribution in [0.15, 0.2) is 52.5 Å². The molecule has 0 aliphatic heterocycles. The monoisotopic (exact) mass is 285 g/mol. The Labute approximate surface area is 119 Å². The van der Waals surface area contributed by atoms with E-state index in [9.17, 15) is 4.79 Å². The van der Waals surface area contributed by atoms with Crippen molar-refractivity contribution in [1.82, 2.24) is 14.8 Å². The smallest absolute Gasteiger partial charge is 0.354 e. The summed E-state index contributed by atoms with van der Waals surface area (Å²) < 4.78 is 1.71. The summed E-state index contributed by atoms with van der Waals surface area (Å²) in [7, 11) is 1.84. The minimum atomic E-state index is -1.02. The van der Waals surface area contributed by atoms with Gasteiger partial charge in [0.25, 0.3) is 0 Å². The third-order valence-corrected chi connectivity index (χ3v) is 3.81. The second-order valence-corrected chi connectivity index (χ2v) is 5.40. The van der Waals surface area contributed by atoms with Crippen molar-refractivity contribution in [3.05, 3.63) is 48.4 Å². The third kappa shape index (κ3) is 2.37. The van der Waals surface area contributed by atoms with E-state index in [0.29, 0.717) is 5.52 Å². The Kier molecular flexibility index (Phi) is 3.15. The largest absolute Gasteiger partial charge is 0.477 e. The Balaban J connectivity index is 2.14. The molecular formula is C14H11N3O2S. The van der Waals surface area contributed by atoms with Crippen LogP contribution in [0.1, 0.15) is 10.5 Å². The van der Waals surface area contributed by atoms with Gasteiger partial charge in [0.05, 0.1) is 16.6 Å². The van der Waals surface area contributed by atoms with Gasteiger partial charge in [0.15, 0.2) is 0 Å². The number of aromatic nitrogens is 3. The highest BCUT2D eigenvalue weighted by atomic mass is 32.2. The molecule has 0 bridgehead atoms. The minimum Gasteiger partial charge on any atom is -0.477 e. The van der Waals surface area contributed by atoms with Gasteiger partial charge in [-0.1, -0.05) is 30.0 Å². The van der Waals surface area contributed by atoms with E-state index >= 15 is 0 Å². The molecule has 0 fully saturated rings. The number of fused-ring (bicyclic) bond motifs is 1. The van der Waals surface area contributed by atoms with Crippen LogP contribution in [0.4, 0.5) is 0 Å². The molecular weight excluding hydrogens is 274 g/mol. The van der Waals surface area contributed by atoms with E-state index in [1.54, 1.807) is 16.9 Å². The first-order valence-corrected chi connectivity index (χ1v) is 6.75. The van der Waals surface area contributed by atoms with Gasteiger partial charge in [0.1, 0.15) is 5.69 Å². The lowest BCUT2D eigenvalue weighted by atomic mass is 10.2. The van der Waals surface area contributed by atoms with Crippen LogP contribution in [0.2, 0.25) is 0 Å². The zero-order valence-electron chi connectivity index (χ0n) is 10.6. The molecule has 0 saturated carbocycles. The lowest BCUT2D eigenvalue weighted by Crippen LogP contribution is -2.00. The Bertz CT molecular complexity index is 798. The van der Waals surface area contributed by atoms with Crippen molar-refractivity contribution in [3.8, 4) is 0 Å². The van der Waals surface area contributed by atoms with E-state index in [0.717, 1.165) is 15.2 Å². The Morgan fingerprint density at radius 2 is 2.15 bits per heavy atom. The maximum Gasteiger partial charge on any atom is 0.354 e. The normalized spacial score (nSPS) is 10.8. The number of hydrogen-bond donors (Lipinski definition) is 1. The van der Waals surface area contributed by atoms with Crippen LogP contribution >= 0.6 is 11.8 Å². The fourth-order valence-electron chi connectivity index (χ4n) is 1.92. The van der Waals surface area contributed by atoms with Crippen LogP contribution in [-0.4, -0.2) is 25.8 Å². The summed E-state index contributed by atoms with van der Waals surface area (Å²) in [5.74, 6) is -1.02. The van der Waals surface area contributed by atoms with Gasteiger partial charge in [-0.3, -0.25) is 4.68 Å². The van der Waals surface area contributed by atoms with Crippen molar-refractivity contribution < 1.29 is 9.90 Å². The molecule has 0 saturated heterocycles. The zero-order valence-corrected chi connectivity index (χ0v) is 11.5. The van der Waals surface area contributed by atoms with Crippen molar-refractivity contribution >= 4 is 28.6 Å². The summed E-state index contributed by atoms with van der Waals surface area (Å²) in [6.07, 6.45) is 3.64. The number of carboxylic acid groups (broad SMARTS) is 1. The van der Waals surface area contributed by atoms with E-state index in [1.807, 2.05) is 37.5 Å². The van der Waals surface area contributed by atoms with Gasteiger partial charge < -0.3 is 5.11 Å². The molecule has 0 amide bonds. The van der Waals surface area contributed by atoms with E-state index in [2.05, 4.69) is 10.1 Å². The zero-order chi connectivity index (χ0) is 14.1. The van der Waals surface area contributed by atoms with Gasteiger partial charge in [-0.25, -0.2) is 9.78 Å². The molecule has 0 spiro atoms. The first-order chi connectivity index (χ1) is 9.63. The molecule has 3 rings (SSSR count). The average molecular weight is 285 g/mol. The van der Waals surface area contributed by atoms with Gasteiger partial charge in [-0.15, -0.1) is 0 Å². The lowest BCUT2D eigenvalue weighted by Gasteiger charge is -2.06. The lowest BCUT2D eigenvalue weighted by molar-refractivity contribution is 0.0690. The molecule has 0 atom stereocenters. The highest BCUT2D eigenvalue weighted by Crippen LogP contribution is 2.33. The molecule has 0 aliphatic rings. The molecule has 2 heterocycles. The van der Waals surface area contributed by atoms with Gasteiger partial charge in [0.2, 0.25) is 0 Å². The number of para-hydroxylation sites is 1. The second kappa shape index (κ2) is 4.97. The molecule has 20 heavy (non-hydrogen) atoms. The second-order valence-electron chi connectivity index (χ2n) is 4.28. The average Bonchev–Trinajstić information content (AvgIpc) is 2.84. The summed E-state index contributed by atoms with van der Waals surface area (Å²) in [6, 6.07) is 9.11. The number of rotatable bonds is 3. The Morgan fingerprint density at radius 1 is 1.35 bits per heavy atom. The van der Waals surface area contributed by atoms with Crippen molar-refractivity contribution in [1.29, 1.82) is 0 Å². The highest BCUT2D eigenvalue weighted by molar-refractivity contribution is 7.99. The number of aryl methyl sites for hydroxylation is 1. The van der Waals surface area contributed by atoms with Crippen LogP contribution in [0, 0.1) is 0 Å². The van der Waals surface area contributed by atoms with E-state index < -0.39 is 5.97 Å². The Hall–Kier alpha value is -2.34. The first kappa shape index (κ1) is 12.7. The summed E-state index contributed by atoms with van der Waals surface area (Å²) >= 11 is 1.48. The number of aromatic carboxylic acids is 1. The highest BCUT2D eigenvalue weighted by Gasteiger charge is 2.12. The molecule has 2 aromatic heterocycles. The molecule has 1 N–H and O–H groups in total. The molecule has 5 nitrogen and oxygen atoms in total. The SMILES string of the molecule is Cn1cc(Sc2cc(C(=O)O)nc3ccccc23)cn1. The standard InChI is InChI=1S/C14H11N3O2S/c1-17-8-9(7-15-17)20-13-6-12(14(18)19)16-11-5-3-2-4-10(11)13/h2-8H,1H3,(H,18,19). The quantitative estimate of drug-likeness (QED) is 0.801. The summed E-state index contributed by atoms with van der Waals surface area (Å²) in [5, 5.41) is 14.2. The van der Waals surface area contributed by atoms with Gasteiger partial charge in [-0.2, -0.15) is 5.10 Å². The number of pyridine rings is 1.